The van der Waals surface area contributed by atoms with Crippen LogP contribution in [-0.4, -0.2) is 0 Å². The number of hydrogen-bond donors (Lipinski definition) is 0. The molecule has 0 N–H and O–H groups in total. The Hall–Kier alpha value is -1.18. The Bertz CT molecular complexity index is 436. The first-order chi connectivity index (χ1) is 8.56. The van der Waals surface area contributed by atoms with E-state index < -0.39 is 11.6 Å². The van der Waals surface area contributed by atoms with Gasteiger partial charge in [0.2, 0.25) is 0 Å². The second-order valence-electron chi connectivity index (χ2n) is 5.56. The molecule has 18 heavy (non-hydrogen) atoms. The molecule has 1 aliphatic carbocycles. The third kappa shape index (κ3) is 3.18. The van der Waals surface area contributed by atoms with Gasteiger partial charge in [-0.1, -0.05) is 31.6 Å². The molecular weight excluding hydrogens is 230 g/mol. The number of rotatable bonds is 2. The molecule has 0 aliphatic heterocycles. The van der Waals surface area contributed by atoms with E-state index in [-0.39, 0.29) is 0 Å². The van der Waals surface area contributed by atoms with Crippen LogP contribution in [0.25, 0.3) is 6.08 Å². The minimum absolute atomic E-state index is 0.745. The fourth-order valence-electron chi connectivity index (χ4n) is 2.66. The van der Waals surface area contributed by atoms with Crippen LogP contribution in [0.15, 0.2) is 23.8 Å². The van der Waals surface area contributed by atoms with Crippen LogP contribution in [0, 0.1) is 23.5 Å². The van der Waals surface area contributed by atoms with Gasteiger partial charge in [-0.05, 0) is 55.2 Å². The van der Waals surface area contributed by atoms with Crippen LogP contribution in [0.5, 0.6) is 0 Å². The predicted molar refractivity (Wildman–Crippen MR) is 71.1 cm³/mol. The fourth-order valence-corrected chi connectivity index (χ4v) is 2.66. The van der Waals surface area contributed by atoms with Crippen molar-refractivity contribution in [3.63, 3.8) is 0 Å². The van der Waals surface area contributed by atoms with E-state index in [9.17, 15) is 8.78 Å². The minimum Gasteiger partial charge on any atom is -0.204 e. The van der Waals surface area contributed by atoms with E-state index in [1.165, 1.54) is 30.5 Å². The molecule has 0 saturated heterocycles. The van der Waals surface area contributed by atoms with E-state index in [2.05, 4.69) is 13.8 Å². The van der Waals surface area contributed by atoms with Crippen molar-refractivity contribution in [2.45, 2.75) is 39.5 Å². The van der Waals surface area contributed by atoms with Gasteiger partial charge in [-0.2, -0.15) is 0 Å². The van der Waals surface area contributed by atoms with Gasteiger partial charge in [0.15, 0.2) is 11.6 Å². The van der Waals surface area contributed by atoms with Crippen molar-refractivity contribution in [1.29, 1.82) is 0 Å². The summed E-state index contributed by atoms with van der Waals surface area (Å²) in [5.74, 6) is 0.0165. The molecule has 0 heterocycles. The maximum atomic E-state index is 13.1. The van der Waals surface area contributed by atoms with Crippen molar-refractivity contribution >= 4 is 6.08 Å². The van der Waals surface area contributed by atoms with E-state index in [4.69, 9.17) is 0 Å². The average molecular weight is 250 g/mol. The molecule has 0 aromatic heterocycles. The van der Waals surface area contributed by atoms with Crippen molar-refractivity contribution in [1.82, 2.24) is 0 Å². The summed E-state index contributed by atoms with van der Waals surface area (Å²) in [6, 6.07) is 4.11. The van der Waals surface area contributed by atoms with Crippen LogP contribution in [0.2, 0.25) is 0 Å². The second kappa shape index (κ2) is 5.64. The molecule has 0 spiro atoms. The molecular formula is C16H20F2. The van der Waals surface area contributed by atoms with Gasteiger partial charge >= 0.3 is 0 Å². The zero-order valence-corrected chi connectivity index (χ0v) is 11.0. The van der Waals surface area contributed by atoms with E-state index in [0.29, 0.717) is 0 Å². The number of halogens is 2. The Balaban J connectivity index is 2.04. The van der Waals surface area contributed by atoms with Crippen LogP contribution in [0.3, 0.4) is 0 Å². The van der Waals surface area contributed by atoms with Gasteiger partial charge in [0, 0.05) is 0 Å². The summed E-state index contributed by atoms with van der Waals surface area (Å²) < 4.78 is 25.9. The third-order valence-electron chi connectivity index (χ3n) is 3.93. The summed E-state index contributed by atoms with van der Waals surface area (Å²) in [4.78, 5) is 0. The quantitative estimate of drug-likeness (QED) is 0.677. The molecule has 2 rings (SSSR count). The lowest BCUT2D eigenvalue weighted by Crippen LogP contribution is -2.13. The van der Waals surface area contributed by atoms with Crippen molar-refractivity contribution in [3.05, 3.63) is 41.0 Å². The molecule has 1 aromatic rings. The van der Waals surface area contributed by atoms with Crippen LogP contribution in [0.4, 0.5) is 8.78 Å². The molecule has 2 heteroatoms. The summed E-state index contributed by atoms with van der Waals surface area (Å²) >= 11 is 0. The highest BCUT2D eigenvalue weighted by Gasteiger charge is 2.19. The molecule has 0 radical (unpaired) electrons. The lowest BCUT2D eigenvalue weighted by atomic mass is 9.79. The van der Waals surface area contributed by atoms with Crippen molar-refractivity contribution in [2.24, 2.45) is 11.8 Å². The van der Waals surface area contributed by atoms with Crippen molar-refractivity contribution in [3.8, 4) is 0 Å². The van der Waals surface area contributed by atoms with Gasteiger partial charge < -0.3 is 0 Å². The fraction of sp³-hybridized carbons (Fsp3) is 0.500. The van der Waals surface area contributed by atoms with Gasteiger partial charge in [-0.15, -0.1) is 0 Å². The minimum atomic E-state index is -0.777. The topological polar surface area (TPSA) is 0 Å². The standard InChI is InChI=1S/C16H20F2/c1-11(2)14-6-3-12(4-7-14)9-13-5-8-15(17)16(18)10-13/h5,8-11,14H,3-4,6-7H2,1-2H3. The zero-order chi connectivity index (χ0) is 13.1. The van der Waals surface area contributed by atoms with E-state index in [1.807, 2.05) is 6.08 Å². The van der Waals surface area contributed by atoms with Crippen molar-refractivity contribution < 1.29 is 8.78 Å². The van der Waals surface area contributed by atoms with Crippen LogP contribution < -0.4 is 0 Å². The van der Waals surface area contributed by atoms with Crippen LogP contribution in [0.1, 0.15) is 45.1 Å². The highest BCUT2D eigenvalue weighted by Crippen LogP contribution is 2.33. The first kappa shape index (κ1) is 13.3. The summed E-state index contributed by atoms with van der Waals surface area (Å²) in [7, 11) is 0. The summed E-state index contributed by atoms with van der Waals surface area (Å²) in [5, 5.41) is 0. The maximum absolute atomic E-state index is 13.1. The van der Waals surface area contributed by atoms with E-state index in [1.54, 1.807) is 6.07 Å². The Labute approximate surface area is 108 Å². The molecule has 0 atom stereocenters. The summed E-state index contributed by atoms with van der Waals surface area (Å²) in [5.41, 5.74) is 2.13. The Morgan fingerprint density at radius 1 is 1.11 bits per heavy atom. The Kier molecular flexibility index (Phi) is 4.15. The van der Waals surface area contributed by atoms with Gasteiger partial charge in [-0.25, -0.2) is 8.78 Å². The smallest absolute Gasteiger partial charge is 0.159 e. The van der Waals surface area contributed by atoms with Crippen molar-refractivity contribution in [2.75, 3.05) is 0 Å². The van der Waals surface area contributed by atoms with Gasteiger partial charge in [0.05, 0.1) is 0 Å². The zero-order valence-electron chi connectivity index (χ0n) is 11.0. The molecule has 98 valence electrons. The molecule has 0 amide bonds. The largest absolute Gasteiger partial charge is 0.204 e. The molecule has 0 nitrogen and oxygen atoms in total. The lowest BCUT2D eigenvalue weighted by molar-refractivity contribution is 0.312. The number of hydrogen-bond acceptors (Lipinski definition) is 0. The summed E-state index contributed by atoms with van der Waals surface area (Å²) in [6.07, 6.45) is 6.61. The Morgan fingerprint density at radius 2 is 1.78 bits per heavy atom. The molecule has 0 unspecified atom stereocenters. The number of allylic oxidation sites excluding steroid dienone is 1. The highest BCUT2D eigenvalue weighted by atomic mass is 19.2. The van der Waals surface area contributed by atoms with Gasteiger partial charge in [0.25, 0.3) is 0 Å². The lowest BCUT2D eigenvalue weighted by Gasteiger charge is -2.27. The first-order valence-electron chi connectivity index (χ1n) is 6.70. The SMILES string of the molecule is CC(C)C1CCC(=Cc2ccc(F)c(F)c2)CC1. The van der Waals surface area contributed by atoms with E-state index >= 15 is 0 Å². The third-order valence-corrected chi connectivity index (χ3v) is 3.93. The van der Waals surface area contributed by atoms with Crippen LogP contribution >= 0.6 is 0 Å². The monoisotopic (exact) mass is 250 g/mol. The molecule has 1 saturated carbocycles. The normalized spacial score (nSPS) is 20.3. The predicted octanol–water partition coefficient (Wildman–Crippen LogP) is 5.19. The maximum Gasteiger partial charge on any atom is 0.159 e. The van der Waals surface area contributed by atoms with E-state index in [0.717, 1.165) is 30.2 Å². The average Bonchev–Trinajstić information content (AvgIpc) is 2.34. The molecule has 1 aliphatic rings. The molecule has 1 aromatic carbocycles. The van der Waals surface area contributed by atoms with Gasteiger partial charge in [-0.3, -0.25) is 0 Å². The van der Waals surface area contributed by atoms with Crippen LogP contribution in [-0.2, 0) is 0 Å². The highest BCUT2D eigenvalue weighted by molar-refractivity contribution is 5.53. The second-order valence-corrected chi connectivity index (χ2v) is 5.56. The molecule has 0 bridgehead atoms. The summed E-state index contributed by atoms with van der Waals surface area (Å²) in [6.45, 7) is 4.55. The number of benzene rings is 1. The van der Waals surface area contributed by atoms with Gasteiger partial charge in [0.1, 0.15) is 0 Å². The first-order valence-corrected chi connectivity index (χ1v) is 6.70. The Morgan fingerprint density at radius 3 is 2.33 bits per heavy atom. The molecule has 1 fully saturated rings.